The number of hydrogen-bond acceptors (Lipinski definition) is 4. The minimum Gasteiger partial charge on any atom is -0.493 e. The third-order valence-electron chi connectivity index (χ3n) is 3.13. The lowest BCUT2D eigenvalue weighted by atomic mass is 9.74. The predicted molar refractivity (Wildman–Crippen MR) is 60.6 cm³/mol. The average molecular weight is 222 g/mol. The van der Waals surface area contributed by atoms with Gasteiger partial charge in [0.15, 0.2) is 0 Å². The van der Waals surface area contributed by atoms with Gasteiger partial charge in [-0.25, -0.2) is 0 Å². The summed E-state index contributed by atoms with van der Waals surface area (Å²) < 4.78 is 5.50. The molecule has 1 aliphatic heterocycles. The van der Waals surface area contributed by atoms with E-state index in [1.54, 1.807) is 19.1 Å². The molecule has 1 heterocycles. The summed E-state index contributed by atoms with van der Waals surface area (Å²) in [6, 6.07) is 3.29. The van der Waals surface area contributed by atoms with Crippen LogP contribution in [-0.4, -0.2) is 28.9 Å². The Morgan fingerprint density at radius 2 is 2.06 bits per heavy atom. The zero-order valence-electron chi connectivity index (χ0n) is 9.34. The van der Waals surface area contributed by atoms with Crippen LogP contribution >= 0.6 is 0 Å². The molecular formula is C11H15BO4. The van der Waals surface area contributed by atoms with Gasteiger partial charge in [0, 0.05) is 11.5 Å². The highest BCUT2D eigenvalue weighted by atomic mass is 16.5. The van der Waals surface area contributed by atoms with Crippen molar-refractivity contribution in [2.24, 2.45) is 5.92 Å². The quantitative estimate of drug-likeness (QED) is 0.572. The SMILES string of the molecule is Cc1c(B(O)O)ccc2c1C(O)[C@H](C)CO2. The van der Waals surface area contributed by atoms with Crippen LogP contribution in [0.4, 0.5) is 0 Å². The van der Waals surface area contributed by atoms with E-state index in [1.165, 1.54) is 0 Å². The number of aliphatic hydroxyl groups is 1. The van der Waals surface area contributed by atoms with Gasteiger partial charge in [0.05, 0.1) is 12.7 Å². The van der Waals surface area contributed by atoms with Gasteiger partial charge in [-0.1, -0.05) is 13.0 Å². The van der Waals surface area contributed by atoms with Gasteiger partial charge in [-0.15, -0.1) is 0 Å². The molecule has 0 aliphatic carbocycles. The Morgan fingerprint density at radius 3 is 2.69 bits per heavy atom. The van der Waals surface area contributed by atoms with Crippen molar-refractivity contribution in [1.82, 2.24) is 0 Å². The molecule has 86 valence electrons. The first-order valence-corrected chi connectivity index (χ1v) is 5.32. The highest BCUT2D eigenvalue weighted by molar-refractivity contribution is 6.59. The Labute approximate surface area is 94.6 Å². The molecule has 2 rings (SSSR count). The largest absolute Gasteiger partial charge is 0.493 e. The number of aliphatic hydroxyl groups excluding tert-OH is 1. The van der Waals surface area contributed by atoms with Gasteiger partial charge in [-0.05, 0) is 24.0 Å². The van der Waals surface area contributed by atoms with Crippen molar-refractivity contribution < 1.29 is 19.9 Å². The average Bonchev–Trinajstić information content (AvgIpc) is 2.23. The highest BCUT2D eigenvalue weighted by Gasteiger charge is 2.30. The van der Waals surface area contributed by atoms with Crippen molar-refractivity contribution in [2.45, 2.75) is 20.0 Å². The second-order valence-corrected chi connectivity index (χ2v) is 4.30. The molecule has 0 radical (unpaired) electrons. The van der Waals surface area contributed by atoms with E-state index in [4.69, 9.17) is 4.74 Å². The topological polar surface area (TPSA) is 69.9 Å². The van der Waals surface area contributed by atoms with Gasteiger partial charge >= 0.3 is 7.12 Å². The van der Waals surface area contributed by atoms with E-state index in [1.807, 2.05) is 6.92 Å². The third kappa shape index (κ3) is 1.71. The molecule has 16 heavy (non-hydrogen) atoms. The first kappa shape index (κ1) is 11.5. The van der Waals surface area contributed by atoms with Crippen molar-refractivity contribution >= 4 is 12.6 Å². The van der Waals surface area contributed by atoms with Crippen LogP contribution in [0.25, 0.3) is 0 Å². The van der Waals surface area contributed by atoms with Gasteiger partial charge < -0.3 is 19.9 Å². The standard InChI is InChI=1S/C11H15BO4/c1-6-5-16-9-4-3-8(12(14)15)7(2)10(9)11(6)13/h3-4,6,11,13-15H,5H2,1-2H3/t6-,11?/m1/s1. The summed E-state index contributed by atoms with van der Waals surface area (Å²) in [6.45, 7) is 4.14. The van der Waals surface area contributed by atoms with Crippen LogP contribution in [0.3, 0.4) is 0 Å². The van der Waals surface area contributed by atoms with Crippen molar-refractivity contribution in [2.75, 3.05) is 6.61 Å². The maximum Gasteiger partial charge on any atom is 0.488 e. The van der Waals surface area contributed by atoms with Gasteiger partial charge in [0.2, 0.25) is 0 Å². The van der Waals surface area contributed by atoms with E-state index in [-0.39, 0.29) is 5.92 Å². The Morgan fingerprint density at radius 1 is 1.38 bits per heavy atom. The van der Waals surface area contributed by atoms with E-state index in [0.29, 0.717) is 28.9 Å². The summed E-state index contributed by atoms with van der Waals surface area (Å²) in [5, 5.41) is 28.5. The molecule has 0 saturated heterocycles. The first-order chi connectivity index (χ1) is 7.52. The number of ether oxygens (including phenoxy) is 1. The minimum absolute atomic E-state index is 0.0114. The molecule has 1 aromatic rings. The highest BCUT2D eigenvalue weighted by Crippen LogP contribution is 2.36. The summed E-state index contributed by atoms with van der Waals surface area (Å²) in [4.78, 5) is 0. The maximum absolute atomic E-state index is 10.1. The summed E-state index contributed by atoms with van der Waals surface area (Å²) in [7, 11) is -1.52. The van der Waals surface area contributed by atoms with Gasteiger partial charge in [-0.3, -0.25) is 0 Å². The lowest BCUT2D eigenvalue weighted by Gasteiger charge is -2.30. The lowest BCUT2D eigenvalue weighted by molar-refractivity contribution is 0.0598. The fraction of sp³-hybridized carbons (Fsp3) is 0.455. The molecule has 3 N–H and O–H groups in total. The fourth-order valence-corrected chi connectivity index (χ4v) is 2.09. The van der Waals surface area contributed by atoms with Crippen LogP contribution in [0, 0.1) is 12.8 Å². The molecule has 0 fully saturated rings. The Bertz CT molecular complexity index is 405. The molecule has 0 amide bonds. The number of fused-ring (bicyclic) bond motifs is 1. The Kier molecular flexibility index (Phi) is 2.92. The molecule has 1 aromatic carbocycles. The third-order valence-corrected chi connectivity index (χ3v) is 3.13. The molecule has 0 spiro atoms. The zero-order valence-corrected chi connectivity index (χ0v) is 9.34. The van der Waals surface area contributed by atoms with Crippen LogP contribution in [0.5, 0.6) is 5.75 Å². The number of benzene rings is 1. The molecule has 0 bridgehead atoms. The van der Waals surface area contributed by atoms with Crippen molar-refractivity contribution in [3.8, 4) is 5.75 Å². The van der Waals surface area contributed by atoms with E-state index in [9.17, 15) is 15.2 Å². The molecule has 1 aliphatic rings. The normalized spacial score (nSPS) is 23.6. The second kappa shape index (κ2) is 4.09. The fourth-order valence-electron chi connectivity index (χ4n) is 2.09. The molecular weight excluding hydrogens is 207 g/mol. The monoisotopic (exact) mass is 222 g/mol. The minimum atomic E-state index is -1.52. The summed E-state index contributed by atoms with van der Waals surface area (Å²) >= 11 is 0. The molecule has 2 atom stereocenters. The number of hydrogen-bond donors (Lipinski definition) is 3. The molecule has 0 aromatic heterocycles. The zero-order chi connectivity index (χ0) is 11.9. The summed E-state index contributed by atoms with van der Waals surface area (Å²) in [5.41, 5.74) is 1.77. The molecule has 1 unspecified atom stereocenters. The summed E-state index contributed by atoms with van der Waals surface area (Å²) in [6.07, 6.45) is -0.609. The van der Waals surface area contributed by atoms with E-state index >= 15 is 0 Å². The predicted octanol–water partition coefficient (Wildman–Crippen LogP) is -0.263. The van der Waals surface area contributed by atoms with Gasteiger partial charge in [-0.2, -0.15) is 0 Å². The molecule has 0 saturated carbocycles. The van der Waals surface area contributed by atoms with Crippen LogP contribution in [0.1, 0.15) is 24.2 Å². The van der Waals surface area contributed by atoms with Gasteiger partial charge in [0.1, 0.15) is 5.75 Å². The first-order valence-electron chi connectivity index (χ1n) is 5.32. The van der Waals surface area contributed by atoms with Crippen molar-refractivity contribution in [3.63, 3.8) is 0 Å². The Hall–Kier alpha value is -1.04. The van der Waals surface area contributed by atoms with Gasteiger partial charge in [0.25, 0.3) is 0 Å². The van der Waals surface area contributed by atoms with Crippen molar-refractivity contribution in [1.29, 1.82) is 0 Å². The smallest absolute Gasteiger partial charge is 0.488 e. The van der Waals surface area contributed by atoms with E-state index in [0.717, 1.165) is 0 Å². The van der Waals surface area contributed by atoms with Crippen molar-refractivity contribution in [3.05, 3.63) is 23.3 Å². The summed E-state index contributed by atoms with van der Waals surface area (Å²) in [5.74, 6) is 0.643. The molecule has 4 nitrogen and oxygen atoms in total. The second-order valence-electron chi connectivity index (χ2n) is 4.30. The lowest BCUT2D eigenvalue weighted by Crippen LogP contribution is -2.35. The van der Waals surface area contributed by atoms with Crippen LogP contribution < -0.4 is 10.2 Å². The maximum atomic E-state index is 10.1. The Balaban J connectivity index is 2.54. The van der Waals surface area contributed by atoms with Crippen LogP contribution in [-0.2, 0) is 0 Å². The van der Waals surface area contributed by atoms with E-state index in [2.05, 4.69) is 0 Å². The number of rotatable bonds is 1. The van der Waals surface area contributed by atoms with Crippen LogP contribution in [0.15, 0.2) is 12.1 Å². The van der Waals surface area contributed by atoms with Crippen LogP contribution in [0.2, 0.25) is 0 Å². The van der Waals surface area contributed by atoms with E-state index < -0.39 is 13.2 Å². The molecule has 5 heteroatoms.